The van der Waals surface area contributed by atoms with Gasteiger partial charge in [0.2, 0.25) is 6.43 Å². The fourth-order valence-electron chi connectivity index (χ4n) is 2.89. The van der Waals surface area contributed by atoms with Crippen molar-refractivity contribution < 1.29 is 18.3 Å². The van der Waals surface area contributed by atoms with Crippen LogP contribution in [0.2, 0.25) is 0 Å². The van der Waals surface area contributed by atoms with Crippen LogP contribution in [0.5, 0.6) is 0 Å². The van der Waals surface area contributed by atoms with Crippen molar-refractivity contribution in [3.8, 4) is 0 Å². The van der Waals surface area contributed by atoms with E-state index in [1.165, 1.54) is 7.11 Å². The van der Waals surface area contributed by atoms with Gasteiger partial charge in [0.15, 0.2) is 0 Å². The Labute approximate surface area is 80.6 Å². The van der Waals surface area contributed by atoms with E-state index in [0.717, 1.165) is 0 Å². The summed E-state index contributed by atoms with van der Waals surface area (Å²) in [5.41, 5.74) is 4.43. The highest BCUT2D eigenvalue weighted by atomic mass is 19.3. The number of hydrogen-bond acceptors (Lipinski definition) is 3. The Morgan fingerprint density at radius 3 is 2.21 bits per heavy atom. The first-order chi connectivity index (χ1) is 6.46. The summed E-state index contributed by atoms with van der Waals surface area (Å²) in [4.78, 5) is 11.1. The lowest BCUT2D eigenvalue weighted by molar-refractivity contribution is -0.274. The minimum atomic E-state index is -2.28. The van der Waals surface area contributed by atoms with E-state index in [2.05, 4.69) is 4.74 Å². The molecule has 3 aliphatic rings. The van der Waals surface area contributed by atoms with E-state index >= 15 is 0 Å². The molecule has 0 aliphatic heterocycles. The fourth-order valence-corrected chi connectivity index (χ4v) is 2.89. The number of ether oxygens (including phenoxy) is 1. The van der Waals surface area contributed by atoms with Crippen LogP contribution in [0, 0.1) is 10.8 Å². The average molecular weight is 205 g/mol. The van der Waals surface area contributed by atoms with Crippen LogP contribution in [-0.2, 0) is 9.53 Å². The summed E-state index contributed by atoms with van der Waals surface area (Å²) in [6.07, 6.45) is -1.18. The number of carbonyl (C=O) groups excluding carboxylic acids is 1. The van der Waals surface area contributed by atoms with E-state index in [1.807, 2.05) is 0 Å². The van der Waals surface area contributed by atoms with Crippen LogP contribution in [0.15, 0.2) is 0 Å². The molecule has 3 nitrogen and oxygen atoms in total. The smallest absolute Gasteiger partial charge is 0.323 e. The van der Waals surface area contributed by atoms with Gasteiger partial charge in [0.1, 0.15) is 6.04 Å². The molecule has 0 aromatic carbocycles. The molecule has 3 rings (SSSR count). The van der Waals surface area contributed by atoms with Gasteiger partial charge in [-0.1, -0.05) is 0 Å². The van der Waals surface area contributed by atoms with E-state index in [0.29, 0.717) is 19.3 Å². The molecule has 0 saturated heterocycles. The second kappa shape index (κ2) is 2.66. The van der Waals surface area contributed by atoms with Crippen molar-refractivity contribution in [2.24, 2.45) is 16.6 Å². The molecule has 1 atom stereocenters. The van der Waals surface area contributed by atoms with Gasteiger partial charge in [-0.25, -0.2) is 8.78 Å². The van der Waals surface area contributed by atoms with Crippen LogP contribution in [0.3, 0.4) is 0 Å². The quantitative estimate of drug-likeness (QED) is 0.697. The molecular formula is C9H13F2NO2. The van der Waals surface area contributed by atoms with Crippen LogP contribution >= 0.6 is 0 Å². The number of esters is 1. The molecule has 0 spiro atoms. The van der Waals surface area contributed by atoms with Gasteiger partial charge in [0.25, 0.3) is 0 Å². The summed E-state index contributed by atoms with van der Waals surface area (Å²) < 4.78 is 29.4. The minimum Gasteiger partial charge on any atom is -0.468 e. The lowest BCUT2D eigenvalue weighted by Gasteiger charge is -2.71. The number of hydrogen-bond donors (Lipinski definition) is 1. The number of rotatable bonds is 3. The number of carbonyl (C=O) groups is 1. The summed E-state index contributed by atoms with van der Waals surface area (Å²) in [6.45, 7) is 0. The van der Waals surface area contributed by atoms with Gasteiger partial charge in [0.05, 0.1) is 7.11 Å². The summed E-state index contributed by atoms with van der Waals surface area (Å²) in [5, 5.41) is 0. The number of alkyl halides is 2. The van der Waals surface area contributed by atoms with E-state index in [-0.39, 0.29) is 5.41 Å². The predicted octanol–water partition coefficient (Wildman–Crippen LogP) is 0.922. The molecule has 14 heavy (non-hydrogen) atoms. The van der Waals surface area contributed by atoms with Crippen molar-refractivity contribution in [3.63, 3.8) is 0 Å². The standard InChI is InChI=1S/C9H13F2NO2/c1-14-6(13)5(12)8-2-9(3-8,4-8)7(10)11/h5,7H,2-4,12H2,1H3/t5-,8?,9?/m1/s1. The molecule has 0 heterocycles. The van der Waals surface area contributed by atoms with Gasteiger partial charge in [0, 0.05) is 5.41 Å². The van der Waals surface area contributed by atoms with Crippen molar-refractivity contribution in [1.29, 1.82) is 0 Å². The Morgan fingerprint density at radius 2 is 1.86 bits per heavy atom. The average Bonchev–Trinajstić information content (AvgIpc) is 1.96. The van der Waals surface area contributed by atoms with E-state index in [4.69, 9.17) is 5.73 Å². The van der Waals surface area contributed by atoms with E-state index < -0.39 is 23.9 Å². The molecule has 3 fully saturated rings. The monoisotopic (exact) mass is 205 g/mol. The predicted molar refractivity (Wildman–Crippen MR) is 44.7 cm³/mol. The van der Waals surface area contributed by atoms with Crippen LogP contribution < -0.4 is 5.73 Å². The Morgan fingerprint density at radius 1 is 1.36 bits per heavy atom. The minimum absolute atomic E-state index is 0.369. The van der Waals surface area contributed by atoms with Crippen LogP contribution in [0.1, 0.15) is 19.3 Å². The molecule has 3 saturated carbocycles. The van der Waals surface area contributed by atoms with Crippen molar-refractivity contribution in [2.45, 2.75) is 31.7 Å². The zero-order valence-electron chi connectivity index (χ0n) is 7.93. The lowest BCUT2D eigenvalue weighted by atomic mass is 9.33. The van der Waals surface area contributed by atoms with Crippen LogP contribution in [-0.4, -0.2) is 25.5 Å². The largest absolute Gasteiger partial charge is 0.468 e. The number of methoxy groups -OCH3 is 1. The van der Waals surface area contributed by atoms with Crippen LogP contribution in [0.25, 0.3) is 0 Å². The molecule has 0 amide bonds. The molecule has 2 N–H and O–H groups in total. The highest BCUT2D eigenvalue weighted by molar-refractivity contribution is 5.77. The maximum Gasteiger partial charge on any atom is 0.323 e. The number of halogens is 2. The Hall–Kier alpha value is -0.710. The SMILES string of the molecule is COC(=O)[C@@H](N)C12CC(C(F)F)(C1)C2. The molecule has 80 valence electrons. The molecule has 0 aromatic heterocycles. The highest BCUT2D eigenvalue weighted by Gasteiger charge is 2.74. The first kappa shape index (κ1) is 9.83. The van der Waals surface area contributed by atoms with Gasteiger partial charge >= 0.3 is 5.97 Å². The molecule has 0 aromatic rings. The van der Waals surface area contributed by atoms with Crippen molar-refractivity contribution in [1.82, 2.24) is 0 Å². The molecular weight excluding hydrogens is 192 g/mol. The third kappa shape index (κ3) is 0.960. The first-order valence-electron chi connectivity index (χ1n) is 4.57. The lowest BCUT2D eigenvalue weighted by Crippen LogP contribution is -2.72. The van der Waals surface area contributed by atoms with Crippen molar-refractivity contribution >= 4 is 5.97 Å². The summed E-state index contributed by atoms with van der Waals surface area (Å²) in [5.74, 6) is -0.493. The van der Waals surface area contributed by atoms with Crippen molar-refractivity contribution in [3.05, 3.63) is 0 Å². The molecule has 0 unspecified atom stereocenters. The van der Waals surface area contributed by atoms with E-state index in [9.17, 15) is 13.6 Å². The Bertz CT molecular complexity index is 260. The second-order valence-electron chi connectivity index (χ2n) is 4.56. The maximum absolute atomic E-state index is 12.5. The zero-order chi connectivity index (χ0) is 10.6. The van der Waals surface area contributed by atoms with Crippen molar-refractivity contribution in [2.75, 3.05) is 7.11 Å². The molecule has 2 bridgehead atoms. The van der Waals surface area contributed by atoms with Crippen LogP contribution in [0.4, 0.5) is 8.78 Å². The Kier molecular flexibility index (Phi) is 1.86. The van der Waals surface area contributed by atoms with E-state index in [1.54, 1.807) is 0 Å². The topological polar surface area (TPSA) is 52.3 Å². The van der Waals surface area contributed by atoms with Gasteiger partial charge in [-0.15, -0.1) is 0 Å². The number of nitrogens with two attached hydrogens (primary N) is 1. The van der Waals surface area contributed by atoms with Gasteiger partial charge in [-0.2, -0.15) is 0 Å². The summed E-state index contributed by atoms with van der Waals surface area (Å²) in [7, 11) is 1.26. The fraction of sp³-hybridized carbons (Fsp3) is 0.889. The summed E-state index contributed by atoms with van der Waals surface area (Å²) in [6, 6.07) is -0.729. The van der Waals surface area contributed by atoms with Gasteiger partial charge in [-0.05, 0) is 24.7 Å². The molecule has 3 aliphatic carbocycles. The second-order valence-corrected chi connectivity index (χ2v) is 4.56. The normalized spacial score (nSPS) is 41.2. The summed E-state index contributed by atoms with van der Waals surface area (Å²) >= 11 is 0. The first-order valence-corrected chi connectivity index (χ1v) is 4.57. The molecule has 0 radical (unpaired) electrons. The third-order valence-electron chi connectivity index (χ3n) is 3.69. The van der Waals surface area contributed by atoms with Gasteiger partial charge < -0.3 is 10.5 Å². The zero-order valence-corrected chi connectivity index (χ0v) is 7.93. The Balaban J connectivity index is 1.97. The maximum atomic E-state index is 12.5. The molecule has 5 heteroatoms. The highest BCUT2D eigenvalue weighted by Crippen LogP contribution is 2.76. The van der Waals surface area contributed by atoms with Gasteiger partial charge in [-0.3, -0.25) is 4.79 Å². The third-order valence-corrected chi connectivity index (χ3v) is 3.69.